The van der Waals surface area contributed by atoms with Gasteiger partial charge in [0.05, 0.1) is 42.2 Å². The predicted molar refractivity (Wildman–Crippen MR) is 231 cm³/mol. The van der Waals surface area contributed by atoms with Gasteiger partial charge in [0.2, 0.25) is 0 Å². The van der Waals surface area contributed by atoms with Crippen molar-refractivity contribution in [2.45, 2.75) is 124 Å². The number of nitrogens with zero attached hydrogens (tertiary/aromatic N) is 7. The van der Waals surface area contributed by atoms with Crippen LogP contribution in [0.2, 0.25) is 0 Å². The second kappa shape index (κ2) is 20.5. The van der Waals surface area contributed by atoms with E-state index >= 15 is 0 Å². The number of carbonyl (C=O) groups excluding carboxylic acids is 2. The van der Waals surface area contributed by atoms with Crippen molar-refractivity contribution in [1.82, 2.24) is 40.1 Å². The summed E-state index contributed by atoms with van der Waals surface area (Å²) in [6, 6.07) is 13.1. The maximum Gasteiger partial charge on any atom is 0.410 e. The Bertz CT molecular complexity index is 2150. The number of halogens is 4. The van der Waals surface area contributed by atoms with Crippen molar-refractivity contribution < 1.29 is 31.9 Å². The first-order valence-corrected chi connectivity index (χ1v) is 20.8. The van der Waals surface area contributed by atoms with Gasteiger partial charge in [-0.05, 0) is 115 Å². The Balaban J connectivity index is 0.00000199. The van der Waals surface area contributed by atoms with Gasteiger partial charge in [-0.3, -0.25) is 24.0 Å². The van der Waals surface area contributed by atoms with Crippen molar-refractivity contribution in [1.29, 1.82) is 0 Å². The fourth-order valence-electron chi connectivity index (χ4n) is 7.33. The third-order valence-corrected chi connectivity index (χ3v) is 10.9. The monoisotopic (exact) mass is 854 g/mol. The molecule has 0 bridgehead atoms. The molecule has 13 nitrogen and oxygen atoms in total. The highest BCUT2D eigenvalue weighted by Gasteiger charge is 2.51. The fourth-order valence-corrected chi connectivity index (χ4v) is 7.33. The van der Waals surface area contributed by atoms with Gasteiger partial charge in [0.25, 0.3) is 5.91 Å². The van der Waals surface area contributed by atoms with Crippen LogP contribution in [0, 0.1) is 13.8 Å². The number of benzene rings is 2. The van der Waals surface area contributed by atoms with E-state index in [1.165, 1.54) is 6.21 Å². The average molecular weight is 855 g/mol. The number of amides is 2. The van der Waals surface area contributed by atoms with Gasteiger partial charge in [-0.2, -0.15) is 23.4 Å². The topological polar surface area (TPSA) is 160 Å². The van der Waals surface area contributed by atoms with E-state index in [4.69, 9.17) is 15.6 Å². The maximum atomic E-state index is 13.4. The van der Waals surface area contributed by atoms with E-state index in [2.05, 4.69) is 60.2 Å². The number of rotatable bonds is 9. The van der Waals surface area contributed by atoms with Crippen LogP contribution in [0.3, 0.4) is 0 Å². The van der Waals surface area contributed by atoms with Crippen LogP contribution in [-0.4, -0.2) is 104 Å². The minimum absolute atomic E-state index is 0.0677. The van der Waals surface area contributed by atoms with Crippen LogP contribution in [0.4, 0.5) is 28.0 Å². The zero-order valence-electron chi connectivity index (χ0n) is 37.1. The van der Waals surface area contributed by atoms with Crippen LogP contribution < -0.4 is 11.1 Å². The van der Waals surface area contributed by atoms with Gasteiger partial charge in [0.1, 0.15) is 16.8 Å². The molecule has 0 radical (unpaired) electrons. The standard InChI is InChI=1S/C41H53F3N10O3.C2H6.CH3F/c1-25-20-27(8-10-33(25)46-23-29(22-45)36(55)47-24-35-48-37(50-49-35)40(6,7)41(42,43)44)28-9-11-34-32(21-28)26(2)51-54(34)31-14-16-52(17-15-31)30-12-18-53(19-13-30)38(56)57-39(3,4)5;2*1-2/h8-11,20-23,30-31H,12-19,24,45H2,1-7H3,(H,47,55)(H,48,49,50);1-2H3;1H3/b29-22+,46-23?;;. The Morgan fingerprint density at radius 3 is 2.13 bits per heavy atom. The maximum absolute atomic E-state index is 13.4. The van der Waals surface area contributed by atoms with Crippen LogP contribution in [-0.2, 0) is 21.5 Å². The van der Waals surface area contributed by atoms with Crippen LogP contribution >= 0.6 is 0 Å². The molecule has 2 aromatic heterocycles. The molecule has 0 unspecified atom stereocenters. The molecule has 0 saturated carbocycles. The molecule has 2 aliphatic rings. The summed E-state index contributed by atoms with van der Waals surface area (Å²) in [6.07, 6.45) is 1.64. The average Bonchev–Trinajstić information content (AvgIpc) is 3.86. The summed E-state index contributed by atoms with van der Waals surface area (Å²) in [5.74, 6) is -0.919. The first-order valence-electron chi connectivity index (χ1n) is 20.8. The quantitative estimate of drug-likeness (QED) is 0.0856. The van der Waals surface area contributed by atoms with Gasteiger partial charge in [-0.15, -0.1) is 0 Å². The number of likely N-dealkylation sites (tertiary alicyclic amines) is 2. The summed E-state index contributed by atoms with van der Waals surface area (Å²) >= 11 is 0. The number of aromatic amines is 1. The Labute approximate surface area is 356 Å². The Morgan fingerprint density at radius 1 is 0.934 bits per heavy atom. The van der Waals surface area contributed by atoms with E-state index in [-0.39, 0.29) is 24.0 Å². The molecule has 6 rings (SSSR count). The number of aryl methyl sites for hydroxylation is 2. The van der Waals surface area contributed by atoms with Crippen LogP contribution in [0.1, 0.15) is 103 Å². The first kappa shape index (κ1) is 48.3. The zero-order chi connectivity index (χ0) is 45.3. The second-order valence-corrected chi connectivity index (χ2v) is 16.5. The van der Waals surface area contributed by atoms with Crippen molar-refractivity contribution >= 4 is 34.8 Å². The Hall–Kier alpha value is -5.32. The molecular weight excluding hydrogens is 793 g/mol. The highest BCUT2D eigenvalue weighted by atomic mass is 19.4. The summed E-state index contributed by atoms with van der Waals surface area (Å²) in [5.41, 5.74) is 8.74. The summed E-state index contributed by atoms with van der Waals surface area (Å²) in [6.45, 7) is 18.9. The highest BCUT2D eigenvalue weighted by molar-refractivity contribution is 6.12. The molecule has 4 N–H and O–H groups in total. The number of alkyl halides is 4. The number of nitrogens with two attached hydrogens (primary N) is 1. The van der Waals surface area contributed by atoms with E-state index < -0.39 is 28.9 Å². The number of hydrogen-bond acceptors (Lipinski definition) is 9. The number of piperidine rings is 2. The van der Waals surface area contributed by atoms with E-state index in [9.17, 15) is 27.2 Å². The normalized spacial score (nSPS) is 16.2. The molecule has 17 heteroatoms. The lowest BCUT2D eigenvalue weighted by Gasteiger charge is -2.42. The Kier molecular flexibility index (Phi) is 16.2. The van der Waals surface area contributed by atoms with Crippen LogP contribution in [0.5, 0.6) is 0 Å². The van der Waals surface area contributed by atoms with E-state index in [0.717, 1.165) is 105 Å². The van der Waals surface area contributed by atoms with E-state index in [1.807, 2.05) is 64.6 Å². The zero-order valence-corrected chi connectivity index (χ0v) is 37.1. The molecule has 4 aromatic rings. The number of ether oxygens (including phenoxy) is 1. The smallest absolute Gasteiger partial charge is 0.410 e. The van der Waals surface area contributed by atoms with Gasteiger partial charge in [-0.25, -0.2) is 9.78 Å². The number of aromatic nitrogens is 5. The second-order valence-electron chi connectivity index (χ2n) is 16.5. The molecule has 0 spiro atoms. The van der Waals surface area contributed by atoms with Crippen LogP contribution in [0.15, 0.2) is 53.2 Å². The molecule has 334 valence electrons. The molecule has 0 atom stereocenters. The predicted octanol–water partition coefficient (Wildman–Crippen LogP) is 8.79. The number of hydrogen-bond donors (Lipinski definition) is 3. The summed E-state index contributed by atoms with van der Waals surface area (Å²) in [4.78, 5) is 38.2. The van der Waals surface area contributed by atoms with Gasteiger partial charge < -0.3 is 25.6 Å². The minimum atomic E-state index is -4.54. The highest BCUT2D eigenvalue weighted by Crippen LogP contribution is 2.39. The third-order valence-electron chi connectivity index (χ3n) is 10.9. The summed E-state index contributed by atoms with van der Waals surface area (Å²) < 4.78 is 57.4. The number of H-pyrrole nitrogens is 1. The molecule has 2 saturated heterocycles. The lowest BCUT2D eigenvalue weighted by molar-refractivity contribution is -0.182. The van der Waals surface area contributed by atoms with E-state index in [1.54, 1.807) is 0 Å². The molecule has 2 amide bonds. The van der Waals surface area contributed by atoms with Gasteiger partial charge in [0.15, 0.2) is 5.82 Å². The molecular formula is C44H62F4N10O3. The SMILES string of the molecule is CC.CF.Cc1cc(-c2ccc3c(c2)c(C)nn3C2CCN(C3CCN(C(=O)OC(C)(C)C)CC3)CC2)ccc1N=C/C(=C\N)C(=O)NCc1nc(C(C)(C)C(F)(F)F)n[nH]1. The minimum Gasteiger partial charge on any atom is -0.444 e. The van der Waals surface area contributed by atoms with Crippen molar-refractivity contribution in [3.8, 4) is 11.1 Å². The lowest BCUT2D eigenvalue weighted by atomic mass is 9.92. The molecule has 2 aliphatic heterocycles. The largest absolute Gasteiger partial charge is 0.444 e. The number of fused-ring (bicyclic) bond motifs is 1. The number of nitrogens with one attached hydrogen (secondary N) is 2. The van der Waals surface area contributed by atoms with Crippen LogP contribution in [0.25, 0.3) is 22.0 Å². The van der Waals surface area contributed by atoms with Crippen molar-refractivity contribution in [2.75, 3.05) is 33.4 Å². The molecule has 4 heterocycles. The van der Waals surface area contributed by atoms with Crippen molar-refractivity contribution in [3.05, 3.63) is 71.1 Å². The van der Waals surface area contributed by atoms with Crippen molar-refractivity contribution in [2.24, 2.45) is 10.7 Å². The lowest BCUT2D eigenvalue weighted by Crippen LogP contribution is -2.50. The van der Waals surface area contributed by atoms with Crippen molar-refractivity contribution in [3.63, 3.8) is 0 Å². The number of aliphatic imine (C=N–C) groups is 1. The number of carbonyl (C=O) groups is 2. The van der Waals surface area contributed by atoms with Gasteiger partial charge >= 0.3 is 12.3 Å². The summed E-state index contributed by atoms with van der Waals surface area (Å²) in [7, 11) is 0.500. The van der Waals surface area contributed by atoms with Gasteiger partial charge in [0, 0.05) is 50.0 Å². The molecule has 61 heavy (non-hydrogen) atoms. The summed E-state index contributed by atoms with van der Waals surface area (Å²) in [5, 5.41) is 14.8. The van der Waals surface area contributed by atoms with Gasteiger partial charge in [-0.1, -0.05) is 26.0 Å². The van der Waals surface area contributed by atoms with E-state index in [0.29, 0.717) is 24.9 Å². The first-order chi connectivity index (χ1) is 28.8. The Morgan fingerprint density at radius 2 is 1.54 bits per heavy atom. The molecule has 2 aromatic carbocycles. The molecule has 0 aliphatic carbocycles. The molecule has 2 fully saturated rings. The fraction of sp³-hybridized carbons (Fsp3) is 0.545. The third kappa shape index (κ3) is 11.7.